The highest BCUT2D eigenvalue weighted by Crippen LogP contribution is 2.17. The third-order valence-corrected chi connectivity index (χ3v) is 3.74. The van der Waals surface area contributed by atoms with Gasteiger partial charge in [-0.2, -0.15) is 0 Å². The molecule has 23 heavy (non-hydrogen) atoms. The minimum atomic E-state index is -0.462. The average molecular weight is 326 g/mol. The summed E-state index contributed by atoms with van der Waals surface area (Å²) in [5, 5.41) is 6.74. The first kappa shape index (κ1) is 19.6. The highest BCUT2D eigenvalue weighted by atomic mass is 16.6. The monoisotopic (exact) mass is 326 g/mol. The van der Waals surface area contributed by atoms with E-state index in [1.807, 2.05) is 20.8 Å². The van der Waals surface area contributed by atoms with Crippen molar-refractivity contribution in [1.29, 1.82) is 0 Å². The van der Waals surface area contributed by atoms with E-state index in [-0.39, 0.29) is 6.09 Å². The molecule has 0 atom stereocenters. The SMILES string of the molecule is CCCN(CCNC(=NC)NC1CCCC1)C(=O)OC(C)(C)C. The van der Waals surface area contributed by atoms with Crippen molar-refractivity contribution < 1.29 is 9.53 Å². The lowest BCUT2D eigenvalue weighted by Crippen LogP contribution is -2.46. The summed E-state index contributed by atoms with van der Waals surface area (Å²) in [5.74, 6) is 0.817. The largest absolute Gasteiger partial charge is 0.444 e. The van der Waals surface area contributed by atoms with Crippen molar-refractivity contribution in [3.63, 3.8) is 0 Å². The summed E-state index contributed by atoms with van der Waals surface area (Å²) in [4.78, 5) is 18.2. The second-order valence-corrected chi connectivity index (χ2v) is 7.09. The Kier molecular flexibility index (Phi) is 8.20. The van der Waals surface area contributed by atoms with Crippen LogP contribution in [0.1, 0.15) is 59.8 Å². The average Bonchev–Trinajstić information content (AvgIpc) is 2.96. The molecule has 0 aliphatic heterocycles. The summed E-state index contributed by atoms with van der Waals surface area (Å²) in [6, 6.07) is 0.527. The lowest BCUT2D eigenvalue weighted by Gasteiger charge is -2.27. The molecule has 6 heteroatoms. The fourth-order valence-electron chi connectivity index (χ4n) is 2.66. The van der Waals surface area contributed by atoms with Gasteiger partial charge in [-0.05, 0) is 40.0 Å². The summed E-state index contributed by atoms with van der Waals surface area (Å²) in [5.41, 5.74) is -0.462. The first-order valence-electron chi connectivity index (χ1n) is 8.81. The van der Waals surface area contributed by atoms with Crippen LogP contribution in [-0.2, 0) is 4.74 Å². The smallest absolute Gasteiger partial charge is 0.410 e. The van der Waals surface area contributed by atoms with Gasteiger partial charge in [0, 0.05) is 32.7 Å². The van der Waals surface area contributed by atoms with Crippen LogP contribution in [0.2, 0.25) is 0 Å². The summed E-state index contributed by atoms with van der Waals surface area (Å²) in [6.07, 6.45) is 5.66. The number of ether oxygens (including phenoxy) is 1. The molecule has 0 aromatic carbocycles. The molecule has 1 fully saturated rings. The Hall–Kier alpha value is -1.46. The van der Waals surface area contributed by atoms with Crippen molar-refractivity contribution in [1.82, 2.24) is 15.5 Å². The zero-order valence-corrected chi connectivity index (χ0v) is 15.4. The van der Waals surface area contributed by atoms with Crippen LogP contribution in [0.5, 0.6) is 0 Å². The van der Waals surface area contributed by atoms with Gasteiger partial charge >= 0.3 is 6.09 Å². The molecule has 0 spiro atoms. The van der Waals surface area contributed by atoms with Crippen molar-refractivity contribution in [3.8, 4) is 0 Å². The molecule has 0 radical (unpaired) electrons. The van der Waals surface area contributed by atoms with Gasteiger partial charge in [-0.3, -0.25) is 4.99 Å². The molecule has 1 aliphatic rings. The predicted octanol–water partition coefficient (Wildman–Crippen LogP) is 2.74. The summed E-state index contributed by atoms with van der Waals surface area (Å²) >= 11 is 0. The quantitative estimate of drug-likeness (QED) is 0.582. The normalized spacial score (nSPS) is 16.3. The van der Waals surface area contributed by atoms with Gasteiger partial charge in [0.2, 0.25) is 0 Å². The van der Waals surface area contributed by atoms with Crippen LogP contribution in [0.3, 0.4) is 0 Å². The minimum absolute atomic E-state index is 0.250. The molecule has 0 saturated heterocycles. The predicted molar refractivity (Wildman–Crippen MR) is 94.9 cm³/mol. The van der Waals surface area contributed by atoms with Crippen LogP contribution >= 0.6 is 0 Å². The van der Waals surface area contributed by atoms with E-state index in [4.69, 9.17) is 4.74 Å². The molecular formula is C17H34N4O2. The van der Waals surface area contributed by atoms with Gasteiger partial charge in [-0.1, -0.05) is 19.8 Å². The topological polar surface area (TPSA) is 66.0 Å². The van der Waals surface area contributed by atoms with E-state index in [0.29, 0.717) is 25.7 Å². The van der Waals surface area contributed by atoms with E-state index >= 15 is 0 Å². The van der Waals surface area contributed by atoms with Gasteiger partial charge in [0.25, 0.3) is 0 Å². The number of nitrogens with zero attached hydrogens (tertiary/aromatic N) is 2. The Morgan fingerprint density at radius 3 is 2.43 bits per heavy atom. The van der Waals surface area contributed by atoms with E-state index in [1.165, 1.54) is 25.7 Å². The molecule has 6 nitrogen and oxygen atoms in total. The lowest BCUT2D eigenvalue weighted by molar-refractivity contribution is 0.0253. The van der Waals surface area contributed by atoms with Crippen molar-refractivity contribution in [3.05, 3.63) is 0 Å². The maximum atomic E-state index is 12.2. The molecule has 0 heterocycles. The third-order valence-electron chi connectivity index (χ3n) is 3.74. The third kappa shape index (κ3) is 8.09. The van der Waals surface area contributed by atoms with Gasteiger partial charge in [0.05, 0.1) is 0 Å². The first-order valence-corrected chi connectivity index (χ1v) is 8.81. The highest BCUT2D eigenvalue weighted by Gasteiger charge is 2.21. The van der Waals surface area contributed by atoms with E-state index in [0.717, 1.165) is 12.4 Å². The molecule has 1 saturated carbocycles. The van der Waals surface area contributed by atoms with Gasteiger partial charge in [-0.25, -0.2) is 4.79 Å². The van der Waals surface area contributed by atoms with Crippen molar-refractivity contribution in [2.24, 2.45) is 4.99 Å². The molecule has 0 unspecified atom stereocenters. The Morgan fingerprint density at radius 1 is 1.26 bits per heavy atom. The van der Waals surface area contributed by atoms with E-state index < -0.39 is 5.60 Å². The maximum absolute atomic E-state index is 12.2. The number of amides is 1. The maximum Gasteiger partial charge on any atom is 0.410 e. The Bertz CT molecular complexity index is 385. The highest BCUT2D eigenvalue weighted by molar-refractivity contribution is 5.80. The van der Waals surface area contributed by atoms with E-state index in [1.54, 1.807) is 11.9 Å². The van der Waals surface area contributed by atoms with Crippen molar-refractivity contribution in [2.45, 2.75) is 71.4 Å². The second-order valence-electron chi connectivity index (χ2n) is 7.09. The Balaban J connectivity index is 2.39. The molecule has 0 aromatic rings. The number of hydrogen-bond acceptors (Lipinski definition) is 3. The van der Waals surface area contributed by atoms with Crippen LogP contribution in [0.15, 0.2) is 4.99 Å². The lowest BCUT2D eigenvalue weighted by atomic mass is 10.2. The molecule has 2 N–H and O–H groups in total. The first-order chi connectivity index (χ1) is 10.9. The zero-order chi connectivity index (χ0) is 17.3. The van der Waals surface area contributed by atoms with Gasteiger partial charge in [0.15, 0.2) is 5.96 Å². The van der Waals surface area contributed by atoms with Gasteiger partial charge < -0.3 is 20.3 Å². The number of carbonyl (C=O) groups is 1. The fourth-order valence-corrected chi connectivity index (χ4v) is 2.66. The fraction of sp³-hybridized carbons (Fsp3) is 0.882. The molecular weight excluding hydrogens is 292 g/mol. The van der Waals surface area contributed by atoms with Gasteiger partial charge in [-0.15, -0.1) is 0 Å². The number of rotatable bonds is 6. The number of aliphatic imine (C=N–C) groups is 1. The molecule has 1 amide bonds. The number of guanidine groups is 1. The molecule has 1 rings (SSSR count). The number of carbonyl (C=O) groups excluding carboxylic acids is 1. The Labute approximate surface area is 141 Å². The molecule has 0 aromatic heterocycles. The van der Waals surface area contributed by atoms with E-state index in [2.05, 4.69) is 22.5 Å². The molecule has 1 aliphatic carbocycles. The van der Waals surface area contributed by atoms with Crippen LogP contribution in [-0.4, -0.2) is 55.3 Å². The van der Waals surface area contributed by atoms with Crippen LogP contribution < -0.4 is 10.6 Å². The second kappa shape index (κ2) is 9.63. The zero-order valence-electron chi connectivity index (χ0n) is 15.4. The van der Waals surface area contributed by atoms with E-state index in [9.17, 15) is 4.79 Å². The van der Waals surface area contributed by atoms with Crippen LogP contribution in [0.4, 0.5) is 4.79 Å². The minimum Gasteiger partial charge on any atom is -0.444 e. The molecule has 0 bridgehead atoms. The van der Waals surface area contributed by atoms with Crippen molar-refractivity contribution in [2.75, 3.05) is 26.7 Å². The molecule has 134 valence electrons. The Morgan fingerprint density at radius 2 is 1.91 bits per heavy atom. The summed E-state index contributed by atoms with van der Waals surface area (Å²) < 4.78 is 5.46. The summed E-state index contributed by atoms with van der Waals surface area (Å²) in [6.45, 7) is 9.69. The number of hydrogen-bond donors (Lipinski definition) is 2. The van der Waals surface area contributed by atoms with Crippen LogP contribution in [0.25, 0.3) is 0 Å². The number of nitrogens with one attached hydrogen (secondary N) is 2. The standard InChI is InChI=1S/C17H34N4O2/c1-6-12-21(16(22)23-17(2,3)4)13-11-19-15(18-5)20-14-9-7-8-10-14/h14H,6-13H2,1-5H3,(H2,18,19,20). The van der Waals surface area contributed by atoms with Crippen molar-refractivity contribution >= 4 is 12.1 Å². The van der Waals surface area contributed by atoms with Crippen LogP contribution in [0, 0.1) is 0 Å². The van der Waals surface area contributed by atoms with Gasteiger partial charge in [0.1, 0.15) is 5.60 Å². The summed E-state index contributed by atoms with van der Waals surface area (Å²) in [7, 11) is 1.78.